The van der Waals surface area contributed by atoms with Gasteiger partial charge < -0.3 is 19.4 Å². The zero-order valence-corrected chi connectivity index (χ0v) is 16.7. The minimum absolute atomic E-state index is 0.0940. The van der Waals surface area contributed by atoms with Crippen LogP contribution >= 0.6 is 0 Å². The fourth-order valence-electron chi connectivity index (χ4n) is 4.19. The summed E-state index contributed by atoms with van der Waals surface area (Å²) in [7, 11) is 3.78. The molecule has 0 aromatic heterocycles. The standard InChI is InChI=1S/C21H31N3O3/c1-4-23-14-17(13-20(23)25)21(26)24(18-9-11-22(2)12-10-18)15-16-7-5-6-8-19(16)27-3/h5-8,17-18H,4,9-15H2,1-3H3/t17-/m0/s1. The molecule has 2 heterocycles. The maximum Gasteiger partial charge on any atom is 0.228 e. The zero-order chi connectivity index (χ0) is 19.4. The van der Waals surface area contributed by atoms with Crippen LogP contribution in [0, 0.1) is 5.92 Å². The molecule has 6 nitrogen and oxygen atoms in total. The Kier molecular flexibility index (Phi) is 6.37. The van der Waals surface area contributed by atoms with Gasteiger partial charge in [0.2, 0.25) is 11.8 Å². The first kappa shape index (κ1) is 19.7. The number of amides is 2. The zero-order valence-electron chi connectivity index (χ0n) is 16.7. The van der Waals surface area contributed by atoms with Crippen LogP contribution in [0.2, 0.25) is 0 Å². The Labute approximate surface area is 162 Å². The summed E-state index contributed by atoms with van der Waals surface area (Å²) < 4.78 is 5.50. The van der Waals surface area contributed by atoms with E-state index in [0.717, 1.165) is 37.2 Å². The summed E-state index contributed by atoms with van der Waals surface area (Å²) in [6.45, 7) is 5.70. The number of benzene rings is 1. The number of methoxy groups -OCH3 is 1. The molecule has 2 aliphatic rings. The van der Waals surface area contributed by atoms with Crippen molar-refractivity contribution in [1.29, 1.82) is 0 Å². The van der Waals surface area contributed by atoms with E-state index in [1.54, 1.807) is 12.0 Å². The number of ether oxygens (including phenoxy) is 1. The van der Waals surface area contributed by atoms with Gasteiger partial charge in [0, 0.05) is 37.7 Å². The van der Waals surface area contributed by atoms with Crippen molar-refractivity contribution in [3.8, 4) is 5.75 Å². The minimum Gasteiger partial charge on any atom is -0.496 e. The summed E-state index contributed by atoms with van der Waals surface area (Å²) in [6, 6.07) is 8.09. The topological polar surface area (TPSA) is 53.1 Å². The Hall–Kier alpha value is -2.08. The lowest BCUT2D eigenvalue weighted by Crippen LogP contribution is -2.48. The van der Waals surface area contributed by atoms with E-state index in [4.69, 9.17) is 4.74 Å². The van der Waals surface area contributed by atoms with Crippen LogP contribution in [0.5, 0.6) is 5.75 Å². The van der Waals surface area contributed by atoms with Crippen LogP contribution in [-0.4, -0.2) is 72.9 Å². The van der Waals surface area contributed by atoms with Gasteiger partial charge in [-0.05, 0) is 46.0 Å². The second-order valence-corrected chi connectivity index (χ2v) is 7.65. The molecule has 2 saturated heterocycles. The second-order valence-electron chi connectivity index (χ2n) is 7.65. The second kappa shape index (κ2) is 8.74. The molecule has 3 rings (SSSR count). The van der Waals surface area contributed by atoms with Gasteiger partial charge in [-0.1, -0.05) is 18.2 Å². The predicted octanol–water partition coefficient (Wildman–Crippen LogP) is 1.99. The lowest BCUT2D eigenvalue weighted by molar-refractivity contribution is -0.139. The average molecular weight is 373 g/mol. The van der Waals surface area contributed by atoms with Crippen molar-refractivity contribution in [2.24, 2.45) is 5.92 Å². The molecule has 27 heavy (non-hydrogen) atoms. The molecule has 6 heteroatoms. The van der Waals surface area contributed by atoms with E-state index >= 15 is 0 Å². The van der Waals surface area contributed by atoms with Crippen molar-refractivity contribution in [3.63, 3.8) is 0 Å². The average Bonchev–Trinajstić information content (AvgIpc) is 3.07. The SMILES string of the molecule is CCN1C[C@@H](C(=O)N(Cc2ccccc2OC)C2CCN(C)CC2)CC1=O. The van der Waals surface area contributed by atoms with E-state index in [1.807, 2.05) is 36.1 Å². The van der Waals surface area contributed by atoms with Gasteiger partial charge >= 0.3 is 0 Å². The first-order valence-corrected chi connectivity index (χ1v) is 9.92. The van der Waals surface area contributed by atoms with Crippen LogP contribution in [0.25, 0.3) is 0 Å². The number of carbonyl (C=O) groups excluding carboxylic acids is 2. The van der Waals surface area contributed by atoms with Crippen molar-refractivity contribution >= 4 is 11.8 Å². The Morgan fingerprint density at radius 1 is 1.26 bits per heavy atom. The lowest BCUT2D eigenvalue weighted by atomic mass is 9.98. The van der Waals surface area contributed by atoms with Gasteiger partial charge in [-0.25, -0.2) is 0 Å². The Balaban J connectivity index is 1.81. The predicted molar refractivity (Wildman–Crippen MR) is 104 cm³/mol. The molecule has 0 saturated carbocycles. The molecule has 0 aliphatic carbocycles. The highest BCUT2D eigenvalue weighted by molar-refractivity contribution is 5.89. The first-order valence-electron chi connectivity index (χ1n) is 9.92. The Bertz CT molecular complexity index is 670. The molecule has 2 aliphatic heterocycles. The van der Waals surface area contributed by atoms with Crippen LogP contribution < -0.4 is 4.74 Å². The van der Waals surface area contributed by atoms with Crippen LogP contribution in [0.4, 0.5) is 0 Å². The third kappa shape index (κ3) is 4.43. The number of rotatable bonds is 6. The molecule has 0 bridgehead atoms. The van der Waals surface area contributed by atoms with Gasteiger partial charge in [-0.15, -0.1) is 0 Å². The molecule has 1 atom stereocenters. The summed E-state index contributed by atoms with van der Waals surface area (Å²) in [6.07, 6.45) is 2.27. The highest BCUT2D eigenvalue weighted by atomic mass is 16.5. The minimum atomic E-state index is -0.230. The number of para-hydroxylation sites is 1. The highest BCUT2D eigenvalue weighted by Gasteiger charge is 2.38. The molecule has 2 amide bonds. The van der Waals surface area contributed by atoms with Gasteiger partial charge in [-0.2, -0.15) is 0 Å². The fourth-order valence-corrected chi connectivity index (χ4v) is 4.19. The van der Waals surface area contributed by atoms with E-state index in [9.17, 15) is 9.59 Å². The highest BCUT2D eigenvalue weighted by Crippen LogP contribution is 2.28. The van der Waals surface area contributed by atoms with E-state index in [2.05, 4.69) is 11.9 Å². The molecule has 0 N–H and O–H groups in total. The maximum atomic E-state index is 13.4. The number of carbonyl (C=O) groups is 2. The lowest BCUT2D eigenvalue weighted by Gasteiger charge is -2.38. The number of hydrogen-bond acceptors (Lipinski definition) is 4. The number of likely N-dealkylation sites (tertiary alicyclic amines) is 2. The maximum absolute atomic E-state index is 13.4. The number of hydrogen-bond donors (Lipinski definition) is 0. The molecular formula is C21H31N3O3. The third-order valence-corrected chi connectivity index (χ3v) is 5.89. The van der Waals surface area contributed by atoms with Crippen LogP contribution in [0.1, 0.15) is 31.7 Å². The van der Waals surface area contributed by atoms with Crippen molar-refractivity contribution in [1.82, 2.24) is 14.7 Å². The van der Waals surface area contributed by atoms with Crippen molar-refractivity contribution < 1.29 is 14.3 Å². The molecule has 1 aromatic carbocycles. The van der Waals surface area contributed by atoms with Gasteiger partial charge in [0.15, 0.2) is 0 Å². The third-order valence-electron chi connectivity index (χ3n) is 5.89. The van der Waals surface area contributed by atoms with Crippen LogP contribution in [-0.2, 0) is 16.1 Å². The summed E-state index contributed by atoms with van der Waals surface area (Å²) >= 11 is 0. The molecule has 148 valence electrons. The van der Waals surface area contributed by atoms with Gasteiger partial charge in [0.25, 0.3) is 0 Å². The molecule has 1 aromatic rings. The van der Waals surface area contributed by atoms with Crippen LogP contribution in [0.15, 0.2) is 24.3 Å². The van der Waals surface area contributed by atoms with Gasteiger partial charge in [0.1, 0.15) is 5.75 Å². The van der Waals surface area contributed by atoms with E-state index in [1.165, 1.54) is 0 Å². The largest absolute Gasteiger partial charge is 0.496 e. The van der Waals surface area contributed by atoms with Crippen molar-refractivity contribution in [3.05, 3.63) is 29.8 Å². The molecule has 0 spiro atoms. The number of nitrogens with zero attached hydrogens (tertiary/aromatic N) is 3. The smallest absolute Gasteiger partial charge is 0.228 e. The molecule has 0 radical (unpaired) electrons. The number of piperidine rings is 1. The molecule has 0 unspecified atom stereocenters. The molecular weight excluding hydrogens is 342 g/mol. The quantitative estimate of drug-likeness (QED) is 0.765. The van der Waals surface area contributed by atoms with Gasteiger partial charge in [-0.3, -0.25) is 9.59 Å². The normalized spacial score (nSPS) is 21.5. The first-order chi connectivity index (χ1) is 13.0. The Morgan fingerprint density at radius 3 is 2.59 bits per heavy atom. The summed E-state index contributed by atoms with van der Waals surface area (Å²) in [4.78, 5) is 31.7. The summed E-state index contributed by atoms with van der Waals surface area (Å²) in [5.41, 5.74) is 1.02. The van der Waals surface area contributed by atoms with Crippen molar-refractivity contribution in [2.45, 2.75) is 38.8 Å². The fraction of sp³-hybridized carbons (Fsp3) is 0.619. The summed E-state index contributed by atoms with van der Waals surface area (Å²) in [5, 5.41) is 0. The monoisotopic (exact) mass is 373 g/mol. The van der Waals surface area contributed by atoms with Crippen molar-refractivity contribution in [2.75, 3.05) is 40.3 Å². The summed E-state index contributed by atoms with van der Waals surface area (Å²) in [5.74, 6) is 0.781. The van der Waals surface area contributed by atoms with E-state index in [-0.39, 0.29) is 23.8 Å². The van der Waals surface area contributed by atoms with Crippen LogP contribution in [0.3, 0.4) is 0 Å². The van der Waals surface area contributed by atoms with E-state index in [0.29, 0.717) is 26.1 Å². The molecule has 2 fully saturated rings. The Morgan fingerprint density at radius 2 is 1.96 bits per heavy atom. The van der Waals surface area contributed by atoms with E-state index < -0.39 is 0 Å². The van der Waals surface area contributed by atoms with Gasteiger partial charge in [0.05, 0.1) is 13.0 Å².